The predicted octanol–water partition coefficient (Wildman–Crippen LogP) is 4.20. The van der Waals surface area contributed by atoms with Gasteiger partial charge in [0.2, 0.25) is 0 Å². The van der Waals surface area contributed by atoms with Gasteiger partial charge in [0.05, 0.1) is 15.8 Å². The molecular formula is C20H14N4O2S. The number of fused-ring (bicyclic) bond motifs is 1. The van der Waals surface area contributed by atoms with Gasteiger partial charge in [-0.05, 0) is 42.5 Å². The summed E-state index contributed by atoms with van der Waals surface area (Å²) in [5.74, 6) is -0.440. The van der Waals surface area contributed by atoms with Crippen molar-refractivity contribution < 1.29 is 9.59 Å². The van der Waals surface area contributed by atoms with Gasteiger partial charge in [-0.25, -0.2) is 4.98 Å². The molecule has 0 radical (unpaired) electrons. The highest BCUT2D eigenvalue weighted by Crippen LogP contribution is 2.29. The van der Waals surface area contributed by atoms with Gasteiger partial charge in [0.25, 0.3) is 11.8 Å². The van der Waals surface area contributed by atoms with Crippen molar-refractivity contribution in [3.05, 3.63) is 84.2 Å². The van der Waals surface area contributed by atoms with E-state index in [9.17, 15) is 9.59 Å². The summed E-state index contributed by atoms with van der Waals surface area (Å²) < 4.78 is 0.863. The molecule has 0 unspecified atom stereocenters. The number of amides is 2. The Kier molecular flexibility index (Phi) is 4.59. The van der Waals surface area contributed by atoms with Gasteiger partial charge in [0.1, 0.15) is 0 Å². The SMILES string of the molecule is O=C(Nc1ccc2nc(NC(=O)c3ccccc3)sc2c1)c1cccnc1. The van der Waals surface area contributed by atoms with Crippen molar-refractivity contribution in [1.29, 1.82) is 0 Å². The first-order valence-corrected chi connectivity index (χ1v) is 8.99. The number of thiazole rings is 1. The third-order valence-electron chi connectivity index (χ3n) is 3.83. The molecular weight excluding hydrogens is 360 g/mol. The Hall–Kier alpha value is -3.58. The molecule has 27 heavy (non-hydrogen) atoms. The second-order valence-corrected chi connectivity index (χ2v) is 6.75. The van der Waals surface area contributed by atoms with Crippen molar-refractivity contribution in [2.24, 2.45) is 0 Å². The molecule has 0 atom stereocenters. The van der Waals surface area contributed by atoms with Gasteiger partial charge < -0.3 is 5.32 Å². The second-order valence-electron chi connectivity index (χ2n) is 5.72. The summed E-state index contributed by atoms with van der Waals surface area (Å²) in [4.78, 5) is 32.9. The summed E-state index contributed by atoms with van der Waals surface area (Å²) in [6.07, 6.45) is 3.13. The summed E-state index contributed by atoms with van der Waals surface area (Å²) in [6, 6.07) is 17.8. The van der Waals surface area contributed by atoms with Crippen LogP contribution in [0.5, 0.6) is 0 Å². The molecule has 4 rings (SSSR count). The molecule has 0 fully saturated rings. The maximum absolute atomic E-state index is 12.3. The molecule has 4 aromatic rings. The monoisotopic (exact) mass is 374 g/mol. The number of rotatable bonds is 4. The van der Waals surface area contributed by atoms with Crippen molar-refractivity contribution in [2.75, 3.05) is 10.6 Å². The first-order valence-electron chi connectivity index (χ1n) is 8.17. The van der Waals surface area contributed by atoms with Crippen LogP contribution >= 0.6 is 11.3 Å². The standard InChI is InChI=1S/C20H14N4O2S/c25-18(13-5-2-1-3-6-13)24-20-23-16-9-8-15(11-17(16)27-20)22-19(26)14-7-4-10-21-12-14/h1-12H,(H,22,26)(H,23,24,25). The molecule has 0 spiro atoms. The minimum absolute atomic E-state index is 0.209. The van der Waals surface area contributed by atoms with Crippen LogP contribution in [0, 0.1) is 0 Å². The van der Waals surface area contributed by atoms with Gasteiger partial charge in [-0.3, -0.25) is 19.9 Å². The van der Waals surface area contributed by atoms with E-state index in [2.05, 4.69) is 20.6 Å². The Balaban J connectivity index is 1.52. The van der Waals surface area contributed by atoms with E-state index in [1.165, 1.54) is 17.5 Å². The fourth-order valence-corrected chi connectivity index (χ4v) is 3.42. The van der Waals surface area contributed by atoms with Crippen LogP contribution in [-0.2, 0) is 0 Å². The minimum atomic E-state index is -0.232. The molecule has 2 aromatic heterocycles. The Labute approximate surface area is 158 Å². The van der Waals surface area contributed by atoms with E-state index in [4.69, 9.17) is 0 Å². The zero-order chi connectivity index (χ0) is 18.6. The first kappa shape index (κ1) is 16.9. The molecule has 2 aromatic carbocycles. The highest BCUT2D eigenvalue weighted by Gasteiger charge is 2.11. The van der Waals surface area contributed by atoms with Gasteiger partial charge in [0, 0.05) is 23.6 Å². The fraction of sp³-hybridized carbons (Fsp3) is 0. The van der Waals surface area contributed by atoms with Crippen LogP contribution in [0.15, 0.2) is 73.1 Å². The van der Waals surface area contributed by atoms with Crippen molar-refractivity contribution in [3.8, 4) is 0 Å². The molecule has 2 N–H and O–H groups in total. The number of carbonyl (C=O) groups excluding carboxylic acids is 2. The highest BCUT2D eigenvalue weighted by molar-refractivity contribution is 7.22. The lowest BCUT2D eigenvalue weighted by Gasteiger charge is -2.04. The van der Waals surface area contributed by atoms with Crippen LogP contribution in [0.4, 0.5) is 10.8 Å². The third-order valence-corrected chi connectivity index (χ3v) is 4.76. The second kappa shape index (κ2) is 7.35. The predicted molar refractivity (Wildman–Crippen MR) is 106 cm³/mol. The van der Waals surface area contributed by atoms with Crippen LogP contribution in [0.25, 0.3) is 10.2 Å². The van der Waals surface area contributed by atoms with Gasteiger partial charge in [-0.15, -0.1) is 0 Å². The molecule has 0 aliphatic rings. The Bertz CT molecular complexity index is 1060. The average molecular weight is 374 g/mol. The molecule has 0 bridgehead atoms. The normalized spacial score (nSPS) is 10.5. The average Bonchev–Trinajstić information content (AvgIpc) is 3.10. The van der Waals surface area contributed by atoms with Crippen molar-refractivity contribution in [2.45, 2.75) is 0 Å². The topological polar surface area (TPSA) is 84.0 Å². The number of aromatic nitrogens is 2. The minimum Gasteiger partial charge on any atom is -0.322 e. The maximum Gasteiger partial charge on any atom is 0.257 e. The Morgan fingerprint density at radius 2 is 1.63 bits per heavy atom. The van der Waals surface area contributed by atoms with Crippen LogP contribution in [0.1, 0.15) is 20.7 Å². The summed E-state index contributed by atoms with van der Waals surface area (Å²) in [5.41, 5.74) is 2.46. The van der Waals surface area contributed by atoms with E-state index in [0.717, 1.165) is 10.2 Å². The van der Waals surface area contributed by atoms with Gasteiger partial charge >= 0.3 is 0 Å². The number of pyridine rings is 1. The van der Waals surface area contributed by atoms with Crippen molar-refractivity contribution in [1.82, 2.24) is 9.97 Å². The molecule has 132 valence electrons. The highest BCUT2D eigenvalue weighted by atomic mass is 32.1. The van der Waals surface area contributed by atoms with Crippen molar-refractivity contribution in [3.63, 3.8) is 0 Å². The largest absolute Gasteiger partial charge is 0.322 e. The quantitative estimate of drug-likeness (QED) is 0.561. The number of nitrogens with zero attached hydrogens (tertiary/aromatic N) is 2. The summed E-state index contributed by atoms with van der Waals surface area (Å²) in [5, 5.41) is 6.15. The van der Waals surface area contributed by atoms with E-state index in [0.29, 0.717) is 21.9 Å². The molecule has 2 heterocycles. The summed E-state index contributed by atoms with van der Waals surface area (Å²) in [7, 11) is 0. The molecule has 0 saturated heterocycles. The lowest BCUT2D eigenvalue weighted by atomic mass is 10.2. The molecule has 7 heteroatoms. The number of hydrogen-bond acceptors (Lipinski definition) is 5. The molecule has 0 aliphatic heterocycles. The molecule has 6 nitrogen and oxygen atoms in total. The van der Waals surface area contributed by atoms with Crippen molar-refractivity contribution >= 4 is 44.2 Å². The van der Waals surface area contributed by atoms with E-state index in [1.54, 1.807) is 36.5 Å². The van der Waals surface area contributed by atoms with Crippen LogP contribution < -0.4 is 10.6 Å². The zero-order valence-electron chi connectivity index (χ0n) is 14.0. The van der Waals surface area contributed by atoms with Crippen LogP contribution in [0.2, 0.25) is 0 Å². The van der Waals surface area contributed by atoms with Gasteiger partial charge in [-0.2, -0.15) is 0 Å². The van der Waals surface area contributed by atoms with Crippen LogP contribution in [-0.4, -0.2) is 21.8 Å². The van der Waals surface area contributed by atoms with E-state index in [1.807, 2.05) is 30.3 Å². The zero-order valence-corrected chi connectivity index (χ0v) is 14.9. The summed E-state index contributed by atoms with van der Waals surface area (Å²) in [6.45, 7) is 0. The number of hydrogen-bond donors (Lipinski definition) is 2. The number of nitrogens with one attached hydrogen (secondary N) is 2. The fourth-order valence-electron chi connectivity index (χ4n) is 2.51. The Morgan fingerprint density at radius 1 is 0.852 bits per heavy atom. The van der Waals surface area contributed by atoms with Gasteiger partial charge in [0.15, 0.2) is 5.13 Å². The number of benzene rings is 2. The van der Waals surface area contributed by atoms with E-state index < -0.39 is 0 Å². The molecule has 2 amide bonds. The maximum atomic E-state index is 12.3. The number of anilines is 2. The summed E-state index contributed by atoms with van der Waals surface area (Å²) >= 11 is 1.35. The smallest absolute Gasteiger partial charge is 0.257 e. The van der Waals surface area contributed by atoms with E-state index >= 15 is 0 Å². The lowest BCUT2D eigenvalue weighted by Crippen LogP contribution is -2.11. The number of carbonyl (C=O) groups is 2. The van der Waals surface area contributed by atoms with Gasteiger partial charge in [-0.1, -0.05) is 29.5 Å². The lowest BCUT2D eigenvalue weighted by molar-refractivity contribution is 0.101. The third kappa shape index (κ3) is 3.83. The molecule has 0 aliphatic carbocycles. The molecule has 0 saturated carbocycles. The van der Waals surface area contributed by atoms with Crippen LogP contribution in [0.3, 0.4) is 0 Å². The Morgan fingerprint density at radius 3 is 2.41 bits per heavy atom. The first-order chi connectivity index (χ1) is 13.2. The van der Waals surface area contributed by atoms with E-state index in [-0.39, 0.29) is 11.8 Å².